The summed E-state index contributed by atoms with van der Waals surface area (Å²) >= 11 is 0. The van der Waals surface area contributed by atoms with E-state index in [0.717, 1.165) is 43.4 Å². The van der Waals surface area contributed by atoms with E-state index in [2.05, 4.69) is 84.9 Å². The van der Waals surface area contributed by atoms with E-state index in [1.807, 2.05) is 72.8 Å². The molecule has 0 aromatic heterocycles. The number of hydrogen-bond acceptors (Lipinski definition) is 3. The minimum absolute atomic E-state index is 0.0833. The summed E-state index contributed by atoms with van der Waals surface area (Å²) in [7, 11) is 0. The molecule has 6 aromatic carbocycles. The van der Waals surface area contributed by atoms with Crippen LogP contribution in [-0.4, -0.2) is 16.9 Å². The van der Waals surface area contributed by atoms with Crippen LogP contribution in [0, 0.1) is 0 Å². The van der Waals surface area contributed by atoms with Gasteiger partial charge in [-0.2, -0.15) is 10.2 Å². The second-order valence-electron chi connectivity index (χ2n) is 10.7. The molecule has 0 fully saturated rings. The van der Waals surface area contributed by atoms with E-state index in [4.69, 9.17) is 15.2 Å². The third-order valence-corrected chi connectivity index (χ3v) is 12.6. The topological polar surface area (TPSA) is 54.1 Å². The van der Waals surface area contributed by atoms with Crippen molar-refractivity contribution in [1.29, 1.82) is 0 Å². The lowest BCUT2D eigenvalue weighted by Crippen LogP contribution is -2.41. The monoisotopic (exact) mass is 571 g/mol. The van der Waals surface area contributed by atoms with Gasteiger partial charge < -0.3 is 0 Å². The summed E-state index contributed by atoms with van der Waals surface area (Å²) in [5.74, 6) is -0.0833. The Bertz CT molecular complexity index is 2030. The number of para-hydroxylation sites is 1. The van der Waals surface area contributed by atoms with Crippen LogP contribution < -0.4 is 15.9 Å². The minimum atomic E-state index is -2.70. The summed E-state index contributed by atoms with van der Waals surface area (Å²) in [6.45, 7) is -2.70. The predicted octanol–water partition coefficient (Wildman–Crippen LogP) is 7.59. The van der Waals surface area contributed by atoms with Crippen molar-refractivity contribution in [2.24, 2.45) is 15.2 Å². The van der Waals surface area contributed by atoms with Crippen molar-refractivity contribution >= 4 is 56.2 Å². The van der Waals surface area contributed by atoms with E-state index in [-0.39, 0.29) is 5.78 Å². The maximum atomic E-state index is 14.7. The predicted molar refractivity (Wildman–Crippen MR) is 179 cm³/mol. The van der Waals surface area contributed by atoms with Crippen LogP contribution in [0.1, 0.15) is 15.9 Å². The largest absolute Gasteiger partial charge is 0.290 e. The highest BCUT2D eigenvalue weighted by molar-refractivity contribution is 7.96. The number of Topliss-reactive ketones (excluding diaryl/α,β-unsaturated/α-hetero) is 1. The van der Waals surface area contributed by atoms with E-state index in [1.54, 1.807) is 0 Å². The number of ketones is 1. The maximum absolute atomic E-state index is 14.7. The van der Waals surface area contributed by atoms with E-state index < -0.39 is 12.4 Å². The van der Waals surface area contributed by atoms with Gasteiger partial charge in [0.05, 0.1) is 5.69 Å². The molecular weight excluding hydrogens is 545 g/mol. The van der Waals surface area contributed by atoms with E-state index in [1.165, 1.54) is 0 Å². The first-order valence-electron chi connectivity index (χ1n) is 14.3. The van der Waals surface area contributed by atoms with Gasteiger partial charge in [-0.15, -0.1) is 0 Å². The van der Waals surface area contributed by atoms with Gasteiger partial charge in [-0.25, -0.2) is 4.99 Å². The van der Waals surface area contributed by atoms with Gasteiger partial charge in [0.15, 0.2) is 0 Å². The van der Waals surface area contributed by atoms with Crippen molar-refractivity contribution in [2.75, 3.05) is 0 Å². The Kier molecular flexibility index (Phi) is 5.92. The molecule has 43 heavy (non-hydrogen) atoms. The van der Waals surface area contributed by atoms with E-state index in [0.29, 0.717) is 11.3 Å². The zero-order valence-electron chi connectivity index (χ0n) is 23.2. The SMILES string of the molecule is O=C1c2cccc3cccc(c23)C12N=NC(=P(c1ccccc1)(c1ccccc1)c1ccccc1)C2=Nc1ccccc1. The maximum Gasteiger partial charge on any atom is 0.214 e. The lowest BCUT2D eigenvalue weighted by molar-refractivity contribution is 0.0942. The van der Waals surface area contributed by atoms with E-state index in [9.17, 15) is 4.79 Å². The summed E-state index contributed by atoms with van der Waals surface area (Å²) < 4.78 is 0. The fourth-order valence-electron chi connectivity index (χ4n) is 6.62. The molecule has 0 radical (unpaired) electrons. The summed E-state index contributed by atoms with van der Waals surface area (Å²) in [4.78, 5) is 20.1. The Hall–Kier alpha value is -5.18. The number of hydrogen-bond donors (Lipinski definition) is 0. The van der Waals surface area contributed by atoms with Crippen LogP contribution in [0.3, 0.4) is 0 Å². The standard InChI is InChI=1S/C38H26N3OP/c42-36-32-25-13-15-27-16-14-26-33(34(27)32)38(36)35(39-28-17-5-1-6-18-28)37(40-41-38)43(29-19-7-2-8-20-29,30-21-9-3-10-22-30)31-23-11-4-12-24-31/h1-26H. The lowest BCUT2D eigenvalue weighted by Gasteiger charge is -2.31. The minimum Gasteiger partial charge on any atom is -0.290 e. The number of fused-ring (bicyclic) bond motifs is 1. The third-order valence-electron chi connectivity index (χ3n) is 8.46. The Balaban J connectivity index is 1.58. The summed E-state index contributed by atoms with van der Waals surface area (Å²) in [5, 5.41) is 15.5. The summed E-state index contributed by atoms with van der Waals surface area (Å²) in [5.41, 5.74) is 2.22. The molecule has 204 valence electrons. The second-order valence-corrected chi connectivity index (χ2v) is 14.1. The normalized spacial score (nSPS) is 18.3. The second kappa shape index (κ2) is 9.97. The molecule has 1 heterocycles. The molecule has 0 N–H and O–H groups in total. The molecule has 0 saturated carbocycles. The number of rotatable bonds is 4. The highest BCUT2D eigenvalue weighted by Gasteiger charge is 2.57. The Labute approximate surface area is 250 Å². The van der Waals surface area contributed by atoms with Gasteiger partial charge in [0, 0.05) is 18.0 Å². The van der Waals surface area contributed by atoms with Gasteiger partial charge >= 0.3 is 0 Å². The van der Waals surface area contributed by atoms with Crippen LogP contribution in [0.4, 0.5) is 5.69 Å². The van der Waals surface area contributed by atoms with Crippen LogP contribution in [-0.2, 0) is 5.54 Å². The van der Waals surface area contributed by atoms with Gasteiger partial charge in [-0.1, -0.05) is 146 Å². The molecule has 6 aromatic rings. The van der Waals surface area contributed by atoms with Crippen LogP contribution in [0.25, 0.3) is 10.8 Å². The van der Waals surface area contributed by atoms with E-state index >= 15 is 0 Å². The van der Waals surface area contributed by atoms with Crippen molar-refractivity contribution in [2.45, 2.75) is 5.54 Å². The molecule has 0 saturated heterocycles. The van der Waals surface area contributed by atoms with Gasteiger partial charge in [-0.05, 0) is 38.8 Å². The molecule has 0 bridgehead atoms. The Morgan fingerprint density at radius 3 is 1.63 bits per heavy atom. The molecule has 1 aliphatic heterocycles. The fourth-order valence-corrected chi connectivity index (χ4v) is 10.8. The van der Waals surface area contributed by atoms with Gasteiger partial charge in [0.25, 0.3) is 0 Å². The molecule has 2 aliphatic rings. The van der Waals surface area contributed by atoms with Crippen LogP contribution in [0.2, 0.25) is 0 Å². The highest BCUT2D eigenvalue weighted by atomic mass is 31.2. The lowest BCUT2D eigenvalue weighted by atomic mass is 9.86. The van der Waals surface area contributed by atoms with Gasteiger partial charge in [0.1, 0.15) is 11.1 Å². The zero-order chi connectivity index (χ0) is 28.9. The van der Waals surface area contributed by atoms with Crippen molar-refractivity contribution in [3.63, 3.8) is 0 Å². The van der Waals surface area contributed by atoms with Crippen LogP contribution in [0.5, 0.6) is 0 Å². The molecule has 0 amide bonds. The molecule has 5 heteroatoms. The Morgan fingerprint density at radius 1 is 0.558 bits per heavy atom. The van der Waals surface area contributed by atoms with Crippen LogP contribution >= 0.6 is 6.89 Å². The fraction of sp³-hybridized carbons (Fsp3) is 0.0263. The van der Waals surface area contributed by atoms with Crippen molar-refractivity contribution in [3.8, 4) is 0 Å². The average Bonchev–Trinajstić information content (AvgIpc) is 3.57. The Morgan fingerprint density at radius 2 is 1.07 bits per heavy atom. The smallest absolute Gasteiger partial charge is 0.214 e. The third kappa shape index (κ3) is 3.64. The summed E-state index contributed by atoms with van der Waals surface area (Å²) in [6.07, 6.45) is 0. The molecular formula is C38H26N3OP. The van der Waals surface area contributed by atoms with Crippen molar-refractivity contribution < 1.29 is 4.79 Å². The summed E-state index contributed by atoms with van der Waals surface area (Å²) in [6, 6.07) is 53.4. The first-order valence-corrected chi connectivity index (χ1v) is 16.1. The number of carbonyl (C=O) groups is 1. The van der Waals surface area contributed by atoms with Crippen molar-refractivity contribution in [3.05, 3.63) is 169 Å². The molecule has 1 atom stereocenters. The quantitative estimate of drug-likeness (QED) is 0.201. The number of aliphatic imine (C=N–C) groups is 1. The molecule has 4 nitrogen and oxygen atoms in total. The molecule has 1 spiro atoms. The highest BCUT2D eigenvalue weighted by Crippen LogP contribution is 2.54. The number of carbonyl (C=O) groups excluding carboxylic acids is 1. The molecule has 1 aliphatic carbocycles. The van der Waals surface area contributed by atoms with Gasteiger partial charge in [-0.3, -0.25) is 4.79 Å². The first kappa shape index (κ1) is 25.5. The zero-order valence-corrected chi connectivity index (χ0v) is 24.1. The number of azo groups is 1. The average molecular weight is 572 g/mol. The van der Waals surface area contributed by atoms with Gasteiger partial charge in [0.2, 0.25) is 11.3 Å². The van der Waals surface area contributed by atoms with Crippen LogP contribution in [0.15, 0.2) is 173 Å². The molecule has 1 unspecified atom stereocenters. The van der Waals surface area contributed by atoms with Crippen molar-refractivity contribution in [1.82, 2.24) is 0 Å². The number of nitrogens with zero attached hydrogens (tertiary/aromatic N) is 3. The number of benzene rings is 6. The molecule has 8 rings (SSSR count). The first-order chi connectivity index (χ1) is 21.2.